The van der Waals surface area contributed by atoms with E-state index in [0.717, 1.165) is 10.6 Å². The van der Waals surface area contributed by atoms with Gasteiger partial charge in [0, 0.05) is 26.2 Å². The van der Waals surface area contributed by atoms with Gasteiger partial charge in [-0.05, 0) is 56.7 Å². The van der Waals surface area contributed by atoms with Crippen molar-refractivity contribution in [1.82, 2.24) is 18.7 Å². The lowest BCUT2D eigenvalue weighted by Gasteiger charge is -2.34. The summed E-state index contributed by atoms with van der Waals surface area (Å²) in [4.78, 5) is 30.8. The Morgan fingerprint density at radius 2 is 1.84 bits per heavy atom. The number of hydrogen-bond donors (Lipinski definition) is 1. The van der Waals surface area contributed by atoms with Crippen molar-refractivity contribution in [1.29, 1.82) is 0 Å². The minimum atomic E-state index is -4.45. The van der Waals surface area contributed by atoms with Crippen LogP contribution in [0.25, 0.3) is 11.2 Å². The molecule has 1 aromatic carbocycles. The number of aliphatic hydroxyl groups excluding tert-OH is 1. The van der Waals surface area contributed by atoms with E-state index in [1.807, 2.05) is 0 Å². The van der Waals surface area contributed by atoms with Crippen molar-refractivity contribution in [2.24, 2.45) is 5.92 Å². The maximum Gasteiger partial charge on any atom is 0.391 e. The monoisotopic (exact) mass is 548 g/mol. The lowest BCUT2D eigenvalue weighted by molar-refractivity contribution is -0.189. The van der Waals surface area contributed by atoms with E-state index in [1.165, 1.54) is 21.3 Å². The zero-order valence-electron chi connectivity index (χ0n) is 20.0. The van der Waals surface area contributed by atoms with Crippen LogP contribution >= 0.6 is 11.6 Å². The second-order valence-electron chi connectivity index (χ2n) is 9.28. The molecule has 0 radical (unpaired) electrons. The topological polar surface area (TPSA) is 82.0 Å². The Hall–Kier alpha value is -2.73. The second-order valence-corrected chi connectivity index (χ2v) is 9.69. The highest BCUT2D eigenvalue weighted by Gasteiger charge is 2.49. The number of fused-ring (bicyclic) bond motifs is 1. The summed E-state index contributed by atoms with van der Waals surface area (Å²) in [6.07, 6.45) is -6.22. The molecule has 202 valence electrons. The smallest absolute Gasteiger partial charge is 0.391 e. The SMILES string of the molecule is CCn1c(=O)n(CCCO)c(=O)c2c1nc(C1(F)CCC(C(F)(F)F)CC1)n2Cc1ccc(Cl)c(F)c1. The zero-order valence-corrected chi connectivity index (χ0v) is 20.7. The number of halogens is 6. The van der Waals surface area contributed by atoms with Gasteiger partial charge in [-0.1, -0.05) is 17.7 Å². The number of imidazole rings is 1. The highest BCUT2D eigenvalue weighted by molar-refractivity contribution is 6.30. The van der Waals surface area contributed by atoms with E-state index in [2.05, 4.69) is 4.98 Å². The first-order chi connectivity index (χ1) is 17.4. The highest BCUT2D eigenvalue weighted by Crippen LogP contribution is 2.47. The Kier molecular flexibility index (Phi) is 7.53. The number of aryl methyl sites for hydroxylation is 1. The molecule has 4 rings (SSSR count). The van der Waals surface area contributed by atoms with Gasteiger partial charge in [-0.25, -0.2) is 18.6 Å². The number of nitrogens with zero attached hydrogens (tertiary/aromatic N) is 4. The molecule has 1 aliphatic rings. The predicted molar refractivity (Wildman–Crippen MR) is 127 cm³/mol. The van der Waals surface area contributed by atoms with E-state index in [1.54, 1.807) is 6.92 Å². The molecule has 0 saturated heterocycles. The summed E-state index contributed by atoms with van der Waals surface area (Å²) < 4.78 is 73.7. The normalized spacial score (nSPS) is 20.6. The van der Waals surface area contributed by atoms with Gasteiger partial charge in [0.25, 0.3) is 5.56 Å². The molecule has 0 bridgehead atoms. The molecule has 1 fully saturated rings. The van der Waals surface area contributed by atoms with Crippen LogP contribution in [0.1, 0.15) is 50.4 Å². The molecule has 37 heavy (non-hydrogen) atoms. The van der Waals surface area contributed by atoms with Crippen LogP contribution in [0.5, 0.6) is 0 Å². The average molecular weight is 549 g/mol. The largest absolute Gasteiger partial charge is 0.396 e. The van der Waals surface area contributed by atoms with Gasteiger partial charge in [0.1, 0.15) is 11.6 Å². The lowest BCUT2D eigenvalue weighted by Crippen LogP contribution is -2.40. The van der Waals surface area contributed by atoms with Crippen molar-refractivity contribution in [3.63, 3.8) is 0 Å². The molecule has 0 aliphatic heterocycles. The van der Waals surface area contributed by atoms with E-state index < -0.39 is 60.5 Å². The van der Waals surface area contributed by atoms with Gasteiger partial charge in [0.2, 0.25) is 0 Å². The summed E-state index contributed by atoms with van der Waals surface area (Å²) in [5, 5.41) is 9.08. The Balaban J connectivity index is 1.95. The predicted octanol–water partition coefficient (Wildman–Crippen LogP) is 4.52. The van der Waals surface area contributed by atoms with Gasteiger partial charge < -0.3 is 9.67 Å². The fourth-order valence-electron chi connectivity index (χ4n) is 4.94. The minimum Gasteiger partial charge on any atom is -0.396 e. The van der Waals surface area contributed by atoms with Crippen LogP contribution in [-0.2, 0) is 25.3 Å². The van der Waals surface area contributed by atoms with Crippen LogP contribution < -0.4 is 11.2 Å². The Morgan fingerprint density at radius 3 is 2.41 bits per heavy atom. The molecule has 0 unspecified atom stereocenters. The molecule has 3 aromatic rings. The molecule has 1 N–H and O–H groups in total. The number of rotatable bonds is 7. The van der Waals surface area contributed by atoms with Crippen molar-refractivity contribution in [2.45, 2.75) is 70.5 Å². The maximum atomic E-state index is 16.4. The van der Waals surface area contributed by atoms with Gasteiger partial charge in [-0.15, -0.1) is 0 Å². The van der Waals surface area contributed by atoms with Gasteiger partial charge >= 0.3 is 11.9 Å². The first-order valence-electron chi connectivity index (χ1n) is 12.0. The van der Waals surface area contributed by atoms with Crippen LogP contribution in [0, 0.1) is 11.7 Å². The van der Waals surface area contributed by atoms with E-state index in [0.29, 0.717) is 5.56 Å². The molecule has 2 heterocycles. The maximum absolute atomic E-state index is 16.4. The van der Waals surface area contributed by atoms with Crippen molar-refractivity contribution >= 4 is 22.8 Å². The standard InChI is InChI=1S/C24H26ClF5N4O3/c1-2-32-19-18(20(36)33(22(32)37)10-3-11-35)34(13-14-4-5-16(25)17(26)12-14)21(31-19)23(27)8-6-15(7-9-23)24(28,29)30/h4-5,12,15,35H,2-3,6-11,13H2,1H3. The van der Waals surface area contributed by atoms with Crippen molar-refractivity contribution in [3.8, 4) is 0 Å². The summed E-state index contributed by atoms with van der Waals surface area (Å²) in [7, 11) is 0. The van der Waals surface area contributed by atoms with E-state index in [4.69, 9.17) is 11.6 Å². The van der Waals surface area contributed by atoms with Crippen LogP contribution in [0.3, 0.4) is 0 Å². The second kappa shape index (κ2) is 10.2. The zero-order chi connectivity index (χ0) is 27.1. The molecule has 0 spiro atoms. The van der Waals surface area contributed by atoms with Crippen LogP contribution in [0.4, 0.5) is 22.0 Å². The quantitative estimate of drug-likeness (QED) is 0.440. The van der Waals surface area contributed by atoms with Crippen LogP contribution in [0.2, 0.25) is 5.02 Å². The molecule has 1 aliphatic carbocycles. The molecule has 0 amide bonds. The molecular formula is C24H26ClF5N4O3. The third-order valence-electron chi connectivity index (χ3n) is 6.94. The number of aromatic nitrogens is 4. The summed E-state index contributed by atoms with van der Waals surface area (Å²) in [5.74, 6) is -2.67. The van der Waals surface area contributed by atoms with Crippen molar-refractivity contribution in [2.75, 3.05) is 6.61 Å². The first kappa shape index (κ1) is 27.3. The van der Waals surface area contributed by atoms with E-state index in [9.17, 15) is 32.3 Å². The molecular weight excluding hydrogens is 523 g/mol. The van der Waals surface area contributed by atoms with Gasteiger partial charge in [0.05, 0.1) is 10.9 Å². The van der Waals surface area contributed by atoms with E-state index >= 15 is 4.39 Å². The minimum absolute atomic E-state index is 0.0796. The molecule has 1 saturated carbocycles. The number of benzene rings is 1. The summed E-state index contributed by atoms with van der Waals surface area (Å²) in [6.45, 7) is 1.10. The summed E-state index contributed by atoms with van der Waals surface area (Å²) >= 11 is 5.78. The first-order valence-corrected chi connectivity index (χ1v) is 12.3. The van der Waals surface area contributed by atoms with Crippen molar-refractivity contribution < 1.29 is 27.1 Å². The van der Waals surface area contributed by atoms with Gasteiger partial charge in [0.15, 0.2) is 16.8 Å². The number of aliphatic hydroxyl groups is 1. The van der Waals surface area contributed by atoms with Gasteiger partial charge in [-0.3, -0.25) is 13.9 Å². The fourth-order valence-corrected chi connectivity index (χ4v) is 5.06. The van der Waals surface area contributed by atoms with E-state index in [-0.39, 0.29) is 54.7 Å². The Labute approximate surface area is 213 Å². The average Bonchev–Trinajstić information content (AvgIpc) is 3.21. The third-order valence-corrected chi connectivity index (χ3v) is 7.24. The fraction of sp³-hybridized carbons (Fsp3) is 0.542. The Bertz CT molecular complexity index is 1420. The molecule has 2 aromatic heterocycles. The molecule has 7 nitrogen and oxygen atoms in total. The Morgan fingerprint density at radius 1 is 1.16 bits per heavy atom. The third kappa shape index (κ3) is 5.05. The lowest BCUT2D eigenvalue weighted by atomic mass is 9.79. The molecule has 0 atom stereocenters. The molecule has 13 heteroatoms. The van der Waals surface area contributed by atoms with Crippen LogP contribution in [0.15, 0.2) is 27.8 Å². The van der Waals surface area contributed by atoms with Crippen LogP contribution in [-0.4, -0.2) is 36.6 Å². The van der Waals surface area contributed by atoms with Gasteiger partial charge in [-0.2, -0.15) is 13.2 Å². The summed E-state index contributed by atoms with van der Waals surface area (Å²) in [6, 6.07) is 3.89. The number of hydrogen-bond acceptors (Lipinski definition) is 4. The van der Waals surface area contributed by atoms with Crippen molar-refractivity contribution in [3.05, 3.63) is 61.3 Å². The number of alkyl halides is 4. The highest BCUT2D eigenvalue weighted by atomic mass is 35.5. The summed E-state index contributed by atoms with van der Waals surface area (Å²) in [5.41, 5.74) is -3.69.